The number of nitrogens with zero attached hydrogens (tertiary/aromatic N) is 5. The number of piperidine rings is 1. The molecule has 0 radical (unpaired) electrons. The van der Waals surface area contributed by atoms with Crippen molar-refractivity contribution >= 4 is 66.7 Å². The number of hydrogen-bond acceptors (Lipinski definition) is 15. The molecule has 378 valence electrons. The molecular formula is C52H64N8O9S2. The molecule has 7 heterocycles. The van der Waals surface area contributed by atoms with Crippen LogP contribution in [0.3, 0.4) is 0 Å². The zero-order valence-corrected chi connectivity index (χ0v) is 42.2. The zero-order chi connectivity index (χ0) is 49.2. The number of nitro groups is 1. The number of hydrogen-bond donors (Lipinski definition) is 4. The van der Waals surface area contributed by atoms with Crippen LogP contribution in [0.25, 0.3) is 11.0 Å². The molecule has 4 N–H and O–H groups in total. The second-order valence-corrected chi connectivity index (χ2v) is 24.0. The van der Waals surface area contributed by atoms with Crippen molar-refractivity contribution in [1.82, 2.24) is 19.6 Å². The van der Waals surface area contributed by atoms with Gasteiger partial charge in [-0.3, -0.25) is 19.8 Å². The van der Waals surface area contributed by atoms with Gasteiger partial charge < -0.3 is 39.4 Å². The van der Waals surface area contributed by atoms with Gasteiger partial charge in [0.15, 0.2) is 0 Å². The fraction of sp³-hybridized carbons (Fsp3) is 0.538. The Bertz CT molecular complexity index is 2910. The number of morpholine rings is 1. The number of H-pyrrole nitrogens is 1. The number of aromatic nitrogens is 2. The lowest BCUT2D eigenvalue weighted by Gasteiger charge is -2.57. The summed E-state index contributed by atoms with van der Waals surface area (Å²) in [5, 5.41) is 29.0. The molecule has 3 aromatic heterocycles. The summed E-state index contributed by atoms with van der Waals surface area (Å²) >= 11 is 1.85. The van der Waals surface area contributed by atoms with E-state index in [1.54, 1.807) is 6.07 Å². The van der Waals surface area contributed by atoms with E-state index in [1.807, 2.05) is 48.7 Å². The largest absolute Gasteiger partial charge is 0.468 e. The average molecular weight is 1010 g/mol. The second-order valence-electron chi connectivity index (χ2n) is 21.4. The molecule has 3 saturated heterocycles. The fourth-order valence-electron chi connectivity index (χ4n) is 12.3. The van der Waals surface area contributed by atoms with Crippen molar-refractivity contribution in [2.45, 2.75) is 119 Å². The maximum absolute atomic E-state index is 14.7. The van der Waals surface area contributed by atoms with Crippen molar-refractivity contribution in [3.05, 3.63) is 92.3 Å². The van der Waals surface area contributed by atoms with E-state index in [-0.39, 0.29) is 34.7 Å². The molecule has 19 heteroatoms. The van der Waals surface area contributed by atoms with Crippen molar-refractivity contribution in [2.24, 2.45) is 11.3 Å². The number of aromatic amines is 1. The van der Waals surface area contributed by atoms with Crippen LogP contribution in [0.5, 0.6) is 5.88 Å². The molecule has 0 unspecified atom stereocenters. The molecule has 6 aliphatic rings. The summed E-state index contributed by atoms with van der Waals surface area (Å²) in [6.45, 7) is 11.7. The van der Waals surface area contributed by atoms with Gasteiger partial charge in [0, 0.05) is 67.0 Å². The molecule has 2 aliphatic carbocycles. The Balaban J connectivity index is 0.865. The van der Waals surface area contributed by atoms with E-state index in [2.05, 4.69) is 55.0 Å². The van der Waals surface area contributed by atoms with Crippen LogP contribution < -0.4 is 24.6 Å². The number of aliphatic hydroxyl groups is 1. The number of carbonyl (C=O) groups excluding carboxylic acids is 1. The van der Waals surface area contributed by atoms with Crippen LogP contribution in [-0.2, 0) is 19.5 Å². The molecule has 17 nitrogen and oxygen atoms in total. The molecule has 1 amide bonds. The van der Waals surface area contributed by atoms with Crippen molar-refractivity contribution in [1.29, 1.82) is 0 Å². The molecule has 3 atom stereocenters. The molecule has 1 spiro atoms. The highest BCUT2D eigenvalue weighted by Crippen LogP contribution is 2.54. The van der Waals surface area contributed by atoms with Gasteiger partial charge in [0.05, 0.1) is 58.6 Å². The standard InChI is InChI=1S/C52H64N8O9S2/c1-32(2)47-38(12-23-70-47)45-30-68-22-20-58(45)36-27-52(28-36)15-18-57(19-16-52)35-4-6-39(42(25-35)59-41-11-21-67-31-46(41)69-50-44(59)24-34-10-17-53-48(34)55-50)49(61)56-71(65,66)37-5-7-40(43(26-37)60(63)64)54-29-33-8-13-51(3,62)14-9-33/h4-7,10,12,17,23-26,32-33,36,41,45-46,54,62H,8-9,11,13-16,18-22,27-31H2,1-3H3,(H,53,55)(H,56,61)/t33?,41-,45-,46-,51?/m0/s1. The zero-order valence-electron chi connectivity index (χ0n) is 40.6. The number of sulfonamides is 1. The number of carbonyl (C=O) groups is 1. The van der Waals surface area contributed by atoms with Crippen LogP contribution in [0.15, 0.2) is 71.1 Å². The van der Waals surface area contributed by atoms with Crippen molar-refractivity contribution in [3.8, 4) is 5.88 Å². The van der Waals surface area contributed by atoms with Gasteiger partial charge in [0.25, 0.3) is 21.6 Å². The number of anilines is 4. The number of thiophene rings is 1. The van der Waals surface area contributed by atoms with Gasteiger partial charge in [-0.25, -0.2) is 13.1 Å². The molecule has 5 fully saturated rings. The summed E-state index contributed by atoms with van der Waals surface area (Å²) in [5.41, 5.74) is 3.54. The van der Waals surface area contributed by atoms with Crippen LogP contribution in [0.4, 0.5) is 28.4 Å². The van der Waals surface area contributed by atoms with Crippen molar-refractivity contribution in [2.75, 3.05) is 67.7 Å². The number of nitrogens with one attached hydrogen (secondary N) is 3. The maximum Gasteiger partial charge on any atom is 0.293 e. The lowest BCUT2D eigenvalue weighted by molar-refractivity contribution is -0.384. The smallest absolute Gasteiger partial charge is 0.293 e. The van der Waals surface area contributed by atoms with Crippen LogP contribution in [0.1, 0.15) is 111 Å². The highest BCUT2D eigenvalue weighted by atomic mass is 32.2. The molecule has 5 aromatic rings. The number of amides is 1. The molecule has 4 aliphatic heterocycles. The first-order valence-electron chi connectivity index (χ1n) is 25.3. The first-order chi connectivity index (χ1) is 34.1. The minimum Gasteiger partial charge on any atom is -0.468 e. The predicted molar refractivity (Wildman–Crippen MR) is 273 cm³/mol. The Morgan fingerprint density at radius 1 is 0.986 bits per heavy atom. The molecule has 0 bridgehead atoms. The van der Waals surface area contributed by atoms with Crippen molar-refractivity contribution in [3.63, 3.8) is 0 Å². The Morgan fingerprint density at radius 3 is 2.55 bits per heavy atom. The Labute approximate surface area is 418 Å². The van der Waals surface area contributed by atoms with Crippen LogP contribution in [0.2, 0.25) is 0 Å². The number of rotatable bonds is 12. The lowest BCUT2D eigenvalue weighted by Crippen LogP contribution is -2.58. The minimum absolute atomic E-state index is 0.116. The van der Waals surface area contributed by atoms with E-state index in [4.69, 9.17) is 19.2 Å². The van der Waals surface area contributed by atoms with E-state index in [9.17, 15) is 28.4 Å². The van der Waals surface area contributed by atoms with Gasteiger partial charge in [-0.2, -0.15) is 4.98 Å². The maximum atomic E-state index is 14.7. The van der Waals surface area contributed by atoms with Gasteiger partial charge in [0.2, 0.25) is 5.88 Å². The molecule has 2 saturated carbocycles. The Hall–Kier alpha value is -5.31. The average Bonchev–Trinajstić information content (AvgIpc) is 4.04. The monoisotopic (exact) mass is 1010 g/mol. The van der Waals surface area contributed by atoms with Gasteiger partial charge in [-0.1, -0.05) is 13.8 Å². The first-order valence-corrected chi connectivity index (χ1v) is 27.6. The van der Waals surface area contributed by atoms with Gasteiger partial charge >= 0.3 is 0 Å². The Kier molecular flexibility index (Phi) is 12.8. The van der Waals surface area contributed by atoms with Crippen LogP contribution in [-0.4, -0.2) is 116 Å². The highest BCUT2D eigenvalue weighted by Gasteiger charge is 2.50. The summed E-state index contributed by atoms with van der Waals surface area (Å²) in [5.74, 6) is 0.166. The minimum atomic E-state index is -4.62. The number of benzene rings is 2. The number of pyridine rings is 1. The van der Waals surface area contributed by atoms with Crippen molar-refractivity contribution < 1.29 is 37.5 Å². The third-order valence-electron chi connectivity index (χ3n) is 16.3. The van der Waals surface area contributed by atoms with E-state index in [0.717, 1.165) is 88.5 Å². The number of fused-ring (bicyclic) bond motifs is 3. The molecule has 2 aromatic carbocycles. The topological polar surface area (TPSA) is 205 Å². The number of ether oxygens (including phenoxy) is 3. The lowest BCUT2D eigenvalue weighted by atomic mass is 9.59. The van der Waals surface area contributed by atoms with Crippen LogP contribution in [0, 0.1) is 21.4 Å². The van der Waals surface area contributed by atoms with Crippen LogP contribution >= 0.6 is 11.3 Å². The van der Waals surface area contributed by atoms with E-state index in [1.165, 1.54) is 22.6 Å². The van der Waals surface area contributed by atoms with Gasteiger partial charge in [-0.05, 0) is 141 Å². The predicted octanol–water partition coefficient (Wildman–Crippen LogP) is 8.64. The summed E-state index contributed by atoms with van der Waals surface area (Å²) in [6, 6.07) is 16.0. The fourth-order valence-corrected chi connectivity index (χ4v) is 14.2. The van der Waals surface area contributed by atoms with E-state index < -0.39 is 43.1 Å². The second kappa shape index (κ2) is 18.9. The summed E-state index contributed by atoms with van der Waals surface area (Å²) in [7, 11) is -4.62. The molecular weight excluding hydrogens is 945 g/mol. The van der Waals surface area contributed by atoms with E-state index >= 15 is 0 Å². The SMILES string of the molecule is CC(C)c1sccc1[C@@H]1COCCN1C1CC2(CCN(c3ccc(C(=O)NS(=O)(=O)c4ccc(NCC5CCC(C)(O)CC5)c([N+](=O)[O-])c4)c(N4c5cc6cc[nH]c6nc5O[C@H]5COCC[C@@H]54)c3)CC2)C1. The highest BCUT2D eigenvalue weighted by molar-refractivity contribution is 7.90. The van der Waals surface area contributed by atoms with Gasteiger partial charge in [0.1, 0.15) is 23.1 Å². The summed E-state index contributed by atoms with van der Waals surface area (Å²) in [4.78, 5) is 42.7. The molecule has 71 heavy (non-hydrogen) atoms. The summed E-state index contributed by atoms with van der Waals surface area (Å²) in [6.07, 6.45) is 9.13. The van der Waals surface area contributed by atoms with E-state index in [0.29, 0.717) is 73.9 Å². The third kappa shape index (κ3) is 9.37. The number of nitro benzene ring substituents is 1. The Morgan fingerprint density at radius 2 is 1.77 bits per heavy atom. The van der Waals surface area contributed by atoms with Gasteiger partial charge in [-0.15, -0.1) is 11.3 Å². The normalized spacial score (nSPS) is 25.9. The third-order valence-corrected chi connectivity index (χ3v) is 18.9. The summed E-state index contributed by atoms with van der Waals surface area (Å²) < 4.78 is 49.1. The first kappa shape index (κ1) is 48.0. The molecule has 11 rings (SSSR count). The quantitative estimate of drug-likeness (QED) is 0.0683.